The standard InChI is InChI=1S/C13H16FNO3/c1-17-12-4-2-3-10(14)13(12)11(16)7-9-8-18-6-5-15-9/h2-4,9,15H,5-8H2,1H3. The molecule has 1 N–H and O–H groups in total. The molecular formula is C13H16FNO3. The van der Waals surface area contributed by atoms with Gasteiger partial charge in [0, 0.05) is 19.0 Å². The van der Waals surface area contributed by atoms with E-state index in [4.69, 9.17) is 9.47 Å². The molecule has 0 saturated carbocycles. The summed E-state index contributed by atoms with van der Waals surface area (Å²) in [5.74, 6) is -0.541. The van der Waals surface area contributed by atoms with Crippen molar-refractivity contribution in [3.63, 3.8) is 0 Å². The highest BCUT2D eigenvalue weighted by Gasteiger charge is 2.22. The van der Waals surface area contributed by atoms with Crippen molar-refractivity contribution in [1.82, 2.24) is 5.32 Å². The number of carbonyl (C=O) groups excluding carboxylic acids is 1. The quantitative estimate of drug-likeness (QED) is 0.824. The van der Waals surface area contributed by atoms with Gasteiger partial charge in [0.05, 0.1) is 25.9 Å². The summed E-state index contributed by atoms with van der Waals surface area (Å²) < 4.78 is 24.0. The van der Waals surface area contributed by atoms with Crippen LogP contribution in [0.4, 0.5) is 4.39 Å². The van der Waals surface area contributed by atoms with Gasteiger partial charge in [0.2, 0.25) is 0 Å². The maximum absolute atomic E-state index is 13.7. The van der Waals surface area contributed by atoms with Gasteiger partial charge in [-0.3, -0.25) is 4.79 Å². The van der Waals surface area contributed by atoms with Crippen LogP contribution in [-0.2, 0) is 4.74 Å². The monoisotopic (exact) mass is 253 g/mol. The molecule has 1 heterocycles. The van der Waals surface area contributed by atoms with Gasteiger partial charge >= 0.3 is 0 Å². The molecule has 5 heteroatoms. The second kappa shape index (κ2) is 5.93. The van der Waals surface area contributed by atoms with E-state index in [1.165, 1.54) is 19.2 Å². The summed E-state index contributed by atoms with van der Waals surface area (Å²) in [5.41, 5.74) is 0.0207. The lowest BCUT2D eigenvalue weighted by Crippen LogP contribution is -2.42. The van der Waals surface area contributed by atoms with Crippen LogP contribution in [0.1, 0.15) is 16.8 Å². The van der Waals surface area contributed by atoms with Crippen molar-refractivity contribution in [3.8, 4) is 5.75 Å². The Hall–Kier alpha value is -1.46. The van der Waals surface area contributed by atoms with Gasteiger partial charge < -0.3 is 14.8 Å². The molecule has 4 nitrogen and oxygen atoms in total. The van der Waals surface area contributed by atoms with Crippen molar-refractivity contribution in [3.05, 3.63) is 29.6 Å². The number of nitrogens with one attached hydrogen (secondary N) is 1. The van der Waals surface area contributed by atoms with Gasteiger partial charge in [-0.2, -0.15) is 0 Å². The summed E-state index contributed by atoms with van der Waals surface area (Å²) in [4.78, 5) is 12.1. The Morgan fingerprint density at radius 1 is 1.61 bits per heavy atom. The number of hydrogen-bond acceptors (Lipinski definition) is 4. The molecule has 2 rings (SSSR count). The normalized spacial score (nSPS) is 19.6. The predicted octanol–water partition coefficient (Wildman–Crippen LogP) is 1.40. The maximum Gasteiger partial charge on any atom is 0.171 e. The summed E-state index contributed by atoms with van der Waals surface area (Å²) in [6.07, 6.45) is 0.206. The Labute approximate surface area is 105 Å². The van der Waals surface area contributed by atoms with Crippen molar-refractivity contribution >= 4 is 5.78 Å². The molecular weight excluding hydrogens is 237 g/mol. The molecule has 0 radical (unpaired) electrons. The third-order valence-corrected chi connectivity index (χ3v) is 2.90. The van der Waals surface area contributed by atoms with Crippen LogP contribution in [0.2, 0.25) is 0 Å². The Bertz CT molecular complexity index is 430. The van der Waals surface area contributed by atoms with Crippen molar-refractivity contribution in [1.29, 1.82) is 0 Å². The minimum absolute atomic E-state index is 0.0207. The number of methoxy groups -OCH3 is 1. The summed E-state index contributed by atoms with van der Waals surface area (Å²) in [6, 6.07) is 4.31. The summed E-state index contributed by atoms with van der Waals surface area (Å²) in [5, 5.41) is 3.17. The van der Waals surface area contributed by atoms with Crippen molar-refractivity contribution in [2.24, 2.45) is 0 Å². The second-order valence-electron chi connectivity index (χ2n) is 4.17. The summed E-state index contributed by atoms with van der Waals surface area (Å²) in [7, 11) is 1.42. The Morgan fingerprint density at radius 2 is 2.44 bits per heavy atom. The number of Topliss-reactive ketones (excluding diaryl/α,β-unsaturated/α-hetero) is 1. The molecule has 98 valence electrons. The third kappa shape index (κ3) is 2.86. The number of rotatable bonds is 4. The van der Waals surface area contributed by atoms with Gasteiger partial charge in [0.15, 0.2) is 5.78 Å². The fraction of sp³-hybridized carbons (Fsp3) is 0.462. The first-order chi connectivity index (χ1) is 8.72. The number of halogens is 1. The van der Waals surface area contributed by atoms with Crippen molar-refractivity contribution < 1.29 is 18.7 Å². The van der Waals surface area contributed by atoms with Gasteiger partial charge in [-0.15, -0.1) is 0 Å². The number of hydrogen-bond donors (Lipinski definition) is 1. The first-order valence-corrected chi connectivity index (χ1v) is 5.89. The minimum Gasteiger partial charge on any atom is -0.496 e. The van der Waals surface area contributed by atoms with E-state index in [9.17, 15) is 9.18 Å². The average Bonchev–Trinajstić information content (AvgIpc) is 2.39. The lowest BCUT2D eigenvalue weighted by Gasteiger charge is -2.23. The van der Waals surface area contributed by atoms with E-state index in [0.717, 1.165) is 0 Å². The van der Waals surface area contributed by atoms with Crippen LogP contribution in [0.25, 0.3) is 0 Å². The Kier molecular flexibility index (Phi) is 4.28. The molecule has 1 saturated heterocycles. The van der Waals surface area contributed by atoms with E-state index < -0.39 is 5.82 Å². The van der Waals surface area contributed by atoms with Gasteiger partial charge in [-0.25, -0.2) is 4.39 Å². The first-order valence-electron chi connectivity index (χ1n) is 5.89. The molecule has 18 heavy (non-hydrogen) atoms. The highest BCUT2D eigenvalue weighted by atomic mass is 19.1. The summed E-state index contributed by atoms with van der Waals surface area (Å²) >= 11 is 0. The SMILES string of the molecule is COc1cccc(F)c1C(=O)CC1COCCN1. The second-order valence-corrected chi connectivity index (χ2v) is 4.17. The van der Waals surface area contributed by atoms with Gasteiger partial charge in [-0.1, -0.05) is 6.07 Å². The van der Waals surface area contributed by atoms with Crippen LogP contribution >= 0.6 is 0 Å². The van der Waals surface area contributed by atoms with Crippen LogP contribution in [0.3, 0.4) is 0 Å². The Balaban J connectivity index is 2.12. The fourth-order valence-electron chi connectivity index (χ4n) is 2.02. The molecule has 1 aliphatic heterocycles. The average molecular weight is 253 g/mol. The Morgan fingerprint density at radius 3 is 3.11 bits per heavy atom. The van der Waals surface area contributed by atoms with Crippen molar-refractivity contribution in [2.45, 2.75) is 12.5 Å². The van der Waals surface area contributed by atoms with E-state index in [1.54, 1.807) is 6.07 Å². The van der Waals surface area contributed by atoms with Gasteiger partial charge in [0.25, 0.3) is 0 Å². The first kappa shape index (κ1) is 13.0. The topological polar surface area (TPSA) is 47.6 Å². The zero-order chi connectivity index (χ0) is 13.0. The van der Waals surface area contributed by atoms with Crippen LogP contribution in [-0.4, -0.2) is 38.7 Å². The molecule has 0 amide bonds. The highest BCUT2D eigenvalue weighted by Crippen LogP contribution is 2.23. The van der Waals surface area contributed by atoms with E-state index in [0.29, 0.717) is 19.8 Å². The number of benzene rings is 1. The number of ether oxygens (including phenoxy) is 2. The third-order valence-electron chi connectivity index (χ3n) is 2.90. The number of morpholine rings is 1. The zero-order valence-corrected chi connectivity index (χ0v) is 10.2. The molecule has 0 aliphatic carbocycles. The lowest BCUT2D eigenvalue weighted by molar-refractivity contribution is 0.0673. The fourth-order valence-corrected chi connectivity index (χ4v) is 2.02. The lowest BCUT2D eigenvalue weighted by atomic mass is 10.0. The molecule has 0 bridgehead atoms. The number of carbonyl (C=O) groups is 1. The van der Waals surface area contributed by atoms with E-state index in [1.807, 2.05) is 0 Å². The molecule has 0 spiro atoms. The molecule has 1 aromatic rings. The number of ketones is 1. The summed E-state index contributed by atoms with van der Waals surface area (Å²) in [6.45, 7) is 1.84. The molecule has 1 atom stereocenters. The van der Waals surface area contributed by atoms with Crippen LogP contribution in [0.5, 0.6) is 5.75 Å². The largest absolute Gasteiger partial charge is 0.496 e. The molecule has 1 fully saturated rings. The molecule has 0 aromatic heterocycles. The van der Waals surface area contributed by atoms with Crippen molar-refractivity contribution in [2.75, 3.05) is 26.9 Å². The molecule has 1 aliphatic rings. The van der Waals surface area contributed by atoms with Gasteiger partial charge in [0.1, 0.15) is 11.6 Å². The smallest absolute Gasteiger partial charge is 0.171 e. The highest BCUT2D eigenvalue weighted by molar-refractivity contribution is 5.99. The van der Waals surface area contributed by atoms with E-state index in [2.05, 4.69) is 5.32 Å². The van der Waals surface area contributed by atoms with Crippen LogP contribution in [0, 0.1) is 5.82 Å². The molecule has 1 unspecified atom stereocenters. The maximum atomic E-state index is 13.7. The van der Waals surface area contributed by atoms with Gasteiger partial charge in [-0.05, 0) is 12.1 Å². The van der Waals surface area contributed by atoms with Crippen LogP contribution in [0.15, 0.2) is 18.2 Å². The molecule has 1 aromatic carbocycles. The van der Waals surface area contributed by atoms with E-state index >= 15 is 0 Å². The van der Waals surface area contributed by atoms with E-state index in [-0.39, 0.29) is 29.6 Å². The van der Waals surface area contributed by atoms with Crippen LogP contribution < -0.4 is 10.1 Å². The minimum atomic E-state index is -0.545. The predicted molar refractivity (Wildman–Crippen MR) is 64.5 cm³/mol. The zero-order valence-electron chi connectivity index (χ0n) is 10.2.